The number of aryl methyl sites for hydroxylation is 2. The normalized spacial score (nSPS) is 10.4. The lowest BCUT2D eigenvalue weighted by Crippen LogP contribution is -2.00. The predicted molar refractivity (Wildman–Crippen MR) is 66.2 cm³/mol. The van der Waals surface area contributed by atoms with E-state index in [1.54, 1.807) is 0 Å². The summed E-state index contributed by atoms with van der Waals surface area (Å²) in [6.07, 6.45) is 1.04. The van der Waals surface area contributed by atoms with E-state index in [0.29, 0.717) is 0 Å². The highest BCUT2D eigenvalue weighted by Crippen LogP contribution is 2.22. The minimum Gasteiger partial charge on any atom is -0.337 e. The maximum absolute atomic E-state index is 13.4. The van der Waals surface area contributed by atoms with Crippen molar-refractivity contribution in [3.05, 3.63) is 46.6 Å². The zero-order chi connectivity index (χ0) is 12.4. The maximum atomic E-state index is 13.4. The van der Waals surface area contributed by atoms with Crippen LogP contribution in [0.3, 0.4) is 0 Å². The first-order valence-corrected chi connectivity index (χ1v) is 5.46. The summed E-state index contributed by atoms with van der Waals surface area (Å²) in [7, 11) is 0. The molecule has 0 unspecified atom stereocenters. The highest BCUT2D eigenvalue weighted by atomic mass is 35.5. The summed E-state index contributed by atoms with van der Waals surface area (Å²) in [5, 5.41) is 2.91. The molecule has 1 aromatic heterocycles. The molecule has 17 heavy (non-hydrogen) atoms. The fraction of sp³-hybridized carbons (Fsp3) is 0.167. The first-order chi connectivity index (χ1) is 8.06. The molecule has 88 valence electrons. The Labute approximate surface area is 104 Å². The Morgan fingerprint density at radius 2 is 2.06 bits per heavy atom. The largest absolute Gasteiger partial charge is 0.337 e. The molecule has 3 nitrogen and oxygen atoms in total. The molecule has 5 heteroatoms. The van der Waals surface area contributed by atoms with E-state index in [2.05, 4.69) is 15.3 Å². The van der Waals surface area contributed by atoms with Crippen molar-refractivity contribution in [3.63, 3.8) is 0 Å². The molecule has 2 rings (SSSR count). The van der Waals surface area contributed by atoms with Crippen LogP contribution in [0.15, 0.2) is 24.4 Å². The maximum Gasteiger partial charge on any atom is 0.224 e. The summed E-state index contributed by atoms with van der Waals surface area (Å²) in [5.41, 5.74) is 2.96. The van der Waals surface area contributed by atoms with Gasteiger partial charge in [-0.25, -0.2) is 9.37 Å². The van der Waals surface area contributed by atoms with Crippen molar-refractivity contribution >= 4 is 23.1 Å². The molecule has 0 radical (unpaired) electrons. The third kappa shape index (κ3) is 2.71. The monoisotopic (exact) mass is 251 g/mol. The number of hydrogen-bond donors (Lipinski definition) is 1. The summed E-state index contributed by atoms with van der Waals surface area (Å²) < 4.78 is 13.4. The van der Waals surface area contributed by atoms with E-state index in [9.17, 15) is 4.39 Å². The third-order valence-corrected chi connectivity index (χ3v) is 2.53. The van der Waals surface area contributed by atoms with Gasteiger partial charge in [0.1, 0.15) is 0 Å². The topological polar surface area (TPSA) is 37.8 Å². The van der Waals surface area contributed by atoms with E-state index in [1.165, 1.54) is 0 Å². The van der Waals surface area contributed by atoms with Crippen LogP contribution in [0.2, 0.25) is 5.28 Å². The van der Waals surface area contributed by atoms with Gasteiger partial charge in [0.25, 0.3) is 0 Å². The Hall–Kier alpha value is -1.68. The molecule has 0 atom stereocenters. The Kier molecular flexibility index (Phi) is 3.24. The number of aromatic nitrogens is 2. The summed E-state index contributed by atoms with van der Waals surface area (Å²) in [5.74, 6) is -0.452. The van der Waals surface area contributed by atoms with Crippen LogP contribution in [-0.4, -0.2) is 9.97 Å². The lowest BCUT2D eigenvalue weighted by Gasteiger charge is -2.10. The van der Waals surface area contributed by atoms with Crippen LogP contribution in [0.5, 0.6) is 0 Å². The zero-order valence-electron chi connectivity index (χ0n) is 9.46. The minimum atomic E-state index is -0.533. The van der Waals surface area contributed by atoms with Gasteiger partial charge in [0.2, 0.25) is 5.28 Å². The predicted octanol–water partition coefficient (Wildman–Crippen LogP) is 3.63. The van der Waals surface area contributed by atoms with Crippen molar-refractivity contribution in [2.45, 2.75) is 13.8 Å². The second-order valence-corrected chi connectivity index (χ2v) is 4.12. The molecular weight excluding hydrogens is 241 g/mol. The van der Waals surface area contributed by atoms with E-state index in [1.807, 2.05) is 32.0 Å². The van der Waals surface area contributed by atoms with Gasteiger partial charge in [-0.1, -0.05) is 17.7 Å². The summed E-state index contributed by atoms with van der Waals surface area (Å²) >= 11 is 5.62. The van der Waals surface area contributed by atoms with Gasteiger partial charge in [0.05, 0.1) is 6.20 Å². The first kappa shape index (κ1) is 11.8. The van der Waals surface area contributed by atoms with Crippen LogP contribution in [0.1, 0.15) is 11.1 Å². The quantitative estimate of drug-likeness (QED) is 0.829. The molecule has 1 aromatic carbocycles. The second-order valence-electron chi connectivity index (χ2n) is 3.78. The molecular formula is C12H11ClFN3. The lowest BCUT2D eigenvalue weighted by atomic mass is 10.1. The summed E-state index contributed by atoms with van der Waals surface area (Å²) in [6.45, 7) is 3.94. The van der Waals surface area contributed by atoms with E-state index in [0.717, 1.165) is 23.0 Å². The van der Waals surface area contributed by atoms with Crippen molar-refractivity contribution in [1.29, 1.82) is 0 Å². The van der Waals surface area contributed by atoms with Crippen LogP contribution >= 0.6 is 11.6 Å². The van der Waals surface area contributed by atoms with Gasteiger partial charge in [-0.3, -0.25) is 0 Å². The number of hydrogen-bond acceptors (Lipinski definition) is 3. The van der Waals surface area contributed by atoms with Gasteiger partial charge < -0.3 is 5.32 Å². The zero-order valence-corrected chi connectivity index (χ0v) is 10.2. The van der Waals surface area contributed by atoms with E-state index in [4.69, 9.17) is 11.6 Å². The molecule has 0 aliphatic carbocycles. The number of halogens is 2. The SMILES string of the molecule is Cc1ccc(Nc2nc(Cl)ncc2F)c(C)c1. The Balaban J connectivity index is 2.34. The number of anilines is 2. The average Bonchev–Trinajstić information content (AvgIpc) is 2.27. The van der Waals surface area contributed by atoms with Gasteiger partial charge >= 0.3 is 0 Å². The number of rotatable bonds is 2. The number of nitrogens with one attached hydrogen (secondary N) is 1. The van der Waals surface area contributed by atoms with Gasteiger partial charge in [-0.2, -0.15) is 4.98 Å². The fourth-order valence-electron chi connectivity index (χ4n) is 1.51. The molecule has 0 aliphatic heterocycles. The summed E-state index contributed by atoms with van der Waals surface area (Å²) in [4.78, 5) is 7.36. The minimum absolute atomic E-state index is 0.0127. The van der Waals surface area contributed by atoms with E-state index < -0.39 is 5.82 Å². The molecule has 1 N–H and O–H groups in total. The molecule has 0 aliphatic rings. The molecule has 0 spiro atoms. The number of benzene rings is 1. The Bertz CT molecular complexity index is 557. The molecule has 2 aromatic rings. The second kappa shape index (κ2) is 4.67. The number of nitrogens with zero attached hydrogens (tertiary/aromatic N) is 2. The Morgan fingerprint density at radius 1 is 1.29 bits per heavy atom. The lowest BCUT2D eigenvalue weighted by molar-refractivity contribution is 0.619. The highest BCUT2D eigenvalue weighted by molar-refractivity contribution is 6.28. The van der Waals surface area contributed by atoms with Crippen LogP contribution in [0, 0.1) is 19.7 Å². The van der Waals surface area contributed by atoms with Crippen molar-refractivity contribution < 1.29 is 4.39 Å². The van der Waals surface area contributed by atoms with Gasteiger partial charge in [-0.05, 0) is 37.1 Å². The van der Waals surface area contributed by atoms with E-state index >= 15 is 0 Å². The molecule has 0 amide bonds. The van der Waals surface area contributed by atoms with Crippen molar-refractivity contribution in [3.8, 4) is 0 Å². The smallest absolute Gasteiger partial charge is 0.224 e. The van der Waals surface area contributed by atoms with Gasteiger partial charge in [-0.15, -0.1) is 0 Å². The Morgan fingerprint density at radius 3 is 2.76 bits per heavy atom. The first-order valence-electron chi connectivity index (χ1n) is 5.08. The van der Waals surface area contributed by atoms with Crippen molar-refractivity contribution in [2.24, 2.45) is 0 Å². The fourth-order valence-corrected chi connectivity index (χ4v) is 1.65. The molecule has 1 heterocycles. The van der Waals surface area contributed by atoms with Crippen LogP contribution < -0.4 is 5.32 Å². The standard InChI is InChI=1S/C12H11ClFN3/c1-7-3-4-10(8(2)5-7)16-11-9(14)6-15-12(13)17-11/h3-6H,1-2H3,(H,15,16,17). The third-order valence-electron chi connectivity index (χ3n) is 2.35. The van der Waals surface area contributed by atoms with E-state index in [-0.39, 0.29) is 11.1 Å². The van der Waals surface area contributed by atoms with Crippen molar-refractivity contribution in [2.75, 3.05) is 5.32 Å². The molecule has 0 saturated heterocycles. The van der Waals surface area contributed by atoms with Gasteiger partial charge in [0, 0.05) is 5.69 Å². The average molecular weight is 252 g/mol. The molecule has 0 bridgehead atoms. The molecule has 0 saturated carbocycles. The van der Waals surface area contributed by atoms with Gasteiger partial charge in [0.15, 0.2) is 11.6 Å². The van der Waals surface area contributed by atoms with Crippen molar-refractivity contribution in [1.82, 2.24) is 9.97 Å². The highest BCUT2D eigenvalue weighted by Gasteiger charge is 2.07. The van der Waals surface area contributed by atoms with Crippen LogP contribution in [0.4, 0.5) is 15.9 Å². The molecule has 0 fully saturated rings. The van der Waals surface area contributed by atoms with Crippen LogP contribution in [0.25, 0.3) is 0 Å². The van der Waals surface area contributed by atoms with Crippen LogP contribution in [-0.2, 0) is 0 Å². The summed E-state index contributed by atoms with van der Waals surface area (Å²) in [6, 6.07) is 5.82.